The average molecular weight is 379 g/mol. The molecule has 1 aliphatic carbocycles. The quantitative estimate of drug-likeness (QED) is 0.566. The second-order valence-electron chi connectivity index (χ2n) is 6.79. The number of nitrogens with zero attached hydrogens (tertiary/aromatic N) is 1. The summed E-state index contributed by atoms with van der Waals surface area (Å²) in [5.74, 6) is -0.101. The van der Waals surface area contributed by atoms with Gasteiger partial charge in [-0.05, 0) is 42.5 Å². The van der Waals surface area contributed by atoms with Gasteiger partial charge in [0.15, 0.2) is 6.61 Å². The summed E-state index contributed by atoms with van der Waals surface area (Å²) in [5.41, 5.74) is 3.24. The topological polar surface area (TPSA) is 55.8 Å². The van der Waals surface area contributed by atoms with E-state index in [-0.39, 0.29) is 18.6 Å². The van der Waals surface area contributed by atoms with Crippen molar-refractivity contribution in [2.24, 2.45) is 0 Å². The van der Waals surface area contributed by atoms with Crippen molar-refractivity contribution in [3.63, 3.8) is 0 Å². The molecule has 0 bridgehead atoms. The highest BCUT2D eigenvalue weighted by Crippen LogP contribution is 2.33. The third-order valence-corrected chi connectivity index (χ3v) is 5.07. The van der Waals surface area contributed by atoms with Crippen LogP contribution in [-0.4, -0.2) is 37.5 Å². The first-order valence-corrected chi connectivity index (χ1v) is 9.41. The lowest BCUT2D eigenvalue weighted by molar-refractivity contribution is -0.148. The maximum atomic E-state index is 12.5. The first-order valence-electron chi connectivity index (χ1n) is 9.41. The largest absolute Gasteiger partial charge is 0.496 e. The number of esters is 1. The summed E-state index contributed by atoms with van der Waals surface area (Å²) in [6.07, 6.45) is 5.92. The number of methoxy groups -OCH3 is 1. The third kappa shape index (κ3) is 4.60. The zero-order valence-corrected chi connectivity index (χ0v) is 16.3. The number of para-hydroxylation sites is 1. The van der Waals surface area contributed by atoms with Gasteiger partial charge in [-0.3, -0.25) is 4.79 Å². The van der Waals surface area contributed by atoms with Gasteiger partial charge in [0.05, 0.1) is 13.2 Å². The third-order valence-electron chi connectivity index (χ3n) is 5.07. The van der Waals surface area contributed by atoms with Crippen LogP contribution in [0.25, 0.3) is 6.08 Å². The predicted octanol–water partition coefficient (Wildman–Crippen LogP) is 3.79. The second kappa shape index (κ2) is 9.22. The molecular weight excluding hydrogens is 354 g/mol. The highest BCUT2D eigenvalue weighted by atomic mass is 16.5. The molecule has 5 heteroatoms. The van der Waals surface area contributed by atoms with Gasteiger partial charge in [-0.2, -0.15) is 0 Å². The van der Waals surface area contributed by atoms with Gasteiger partial charge in [0.2, 0.25) is 0 Å². The molecule has 0 saturated heterocycles. The first kappa shape index (κ1) is 19.7. The molecule has 5 nitrogen and oxygen atoms in total. The zero-order valence-electron chi connectivity index (χ0n) is 16.3. The van der Waals surface area contributed by atoms with Crippen molar-refractivity contribution in [3.8, 4) is 5.75 Å². The van der Waals surface area contributed by atoms with E-state index in [9.17, 15) is 9.59 Å². The van der Waals surface area contributed by atoms with E-state index in [1.165, 1.54) is 17.2 Å². The van der Waals surface area contributed by atoms with Crippen molar-refractivity contribution >= 4 is 18.0 Å². The molecule has 3 rings (SSSR count). The Morgan fingerprint density at radius 2 is 1.89 bits per heavy atom. The highest BCUT2D eigenvalue weighted by molar-refractivity contribution is 5.89. The number of hydrogen-bond donors (Lipinski definition) is 0. The summed E-state index contributed by atoms with van der Waals surface area (Å²) in [6.45, 7) is -0.274. The van der Waals surface area contributed by atoms with Crippen LogP contribution in [0.1, 0.15) is 35.6 Å². The van der Waals surface area contributed by atoms with Crippen LogP contribution in [0.5, 0.6) is 5.75 Å². The maximum absolute atomic E-state index is 12.5. The molecule has 146 valence electrons. The Balaban J connectivity index is 1.57. The van der Waals surface area contributed by atoms with Crippen LogP contribution in [-0.2, 0) is 20.7 Å². The molecule has 0 fully saturated rings. The number of hydrogen-bond acceptors (Lipinski definition) is 4. The first-order chi connectivity index (χ1) is 13.6. The molecule has 0 spiro atoms. The van der Waals surface area contributed by atoms with Gasteiger partial charge >= 0.3 is 5.97 Å². The van der Waals surface area contributed by atoms with Crippen molar-refractivity contribution < 1.29 is 19.1 Å². The van der Waals surface area contributed by atoms with E-state index >= 15 is 0 Å². The summed E-state index contributed by atoms with van der Waals surface area (Å²) in [7, 11) is 3.34. The van der Waals surface area contributed by atoms with Crippen molar-refractivity contribution in [1.82, 2.24) is 4.90 Å². The minimum atomic E-state index is -0.559. The molecule has 1 atom stereocenters. The van der Waals surface area contributed by atoms with Gasteiger partial charge < -0.3 is 14.4 Å². The van der Waals surface area contributed by atoms with Crippen molar-refractivity contribution in [2.75, 3.05) is 20.8 Å². The molecule has 0 N–H and O–H groups in total. The van der Waals surface area contributed by atoms with Crippen LogP contribution in [0.4, 0.5) is 0 Å². The molecule has 0 aliphatic heterocycles. The highest BCUT2D eigenvalue weighted by Gasteiger charge is 2.26. The predicted molar refractivity (Wildman–Crippen MR) is 108 cm³/mol. The van der Waals surface area contributed by atoms with Gasteiger partial charge in [0.1, 0.15) is 5.75 Å². The van der Waals surface area contributed by atoms with Crippen LogP contribution in [0.2, 0.25) is 0 Å². The molecule has 0 aromatic heterocycles. The van der Waals surface area contributed by atoms with Crippen LogP contribution >= 0.6 is 0 Å². The van der Waals surface area contributed by atoms with E-state index in [0.717, 1.165) is 24.8 Å². The SMILES string of the molecule is COc1ccccc1/C=C/C(=O)OCC(=O)N(C)C1CCCc2ccccc21. The molecule has 0 heterocycles. The van der Waals surface area contributed by atoms with Crippen LogP contribution in [0, 0.1) is 0 Å². The number of ether oxygens (including phenoxy) is 2. The van der Waals surface area contributed by atoms with Crippen LogP contribution in [0.15, 0.2) is 54.6 Å². The summed E-state index contributed by atoms with van der Waals surface area (Å²) >= 11 is 0. The molecule has 1 amide bonds. The van der Waals surface area contributed by atoms with Crippen molar-refractivity contribution in [2.45, 2.75) is 25.3 Å². The van der Waals surface area contributed by atoms with Crippen LogP contribution in [0.3, 0.4) is 0 Å². The van der Waals surface area contributed by atoms with E-state index < -0.39 is 5.97 Å². The minimum absolute atomic E-state index is 0.0280. The Kier molecular flexibility index (Phi) is 6.48. The van der Waals surface area contributed by atoms with Crippen molar-refractivity contribution in [3.05, 3.63) is 71.3 Å². The number of rotatable bonds is 6. The number of benzene rings is 2. The van der Waals surface area contributed by atoms with E-state index in [1.807, 2.05) is 36.4 Å². The molecule has 2 aromatic carbocycles. The Morgan fingerprint density at radius 1 is 1.14 bits per heavy atom. The minimum Gasteiger partial charge on any atom is -0.496 e. The summed E-state index contributed by atoms with van der Waals surface area (Å²) < 4.78 is 10.4. The van der Waals surface area contributed by atoms with E-state index in [4.69, 9.17) is 9.47 Å². The van der Waals surface area contributed by atoms with Gasteiger partial charge in [-0.15, -0.1) is 0 Å². The average Bonchev–Trinajstić information content (AvgIpc) is 2.75. The lowest BCUT2D eigenvalue weighted by Gasteiger charge is -2.33. The smallest absolute Gasteiger partial charge is 0.331 e. The fourth-order valence-corrected chi connectivity index (χ4v) is 3.55. The lowest BCUT2D eigenvalue weighted by Crippen LogP contribution is -2.36. The normalized spacial score (nSPS) is 15.7. The summed E-state index contributed by atoms with van der Waals surface area (Å²) in [4.78, 5) is 26.2. The van der Waals surface area contributed by atoms with E-state index in [1.54, 1.807) is 25.1 Å². The fraction of sp³-hybridized carbons (Fsp3) is 0.304. The molecule has 0 saturated carbocycles. The standard InChI is InChI=1S/C23H25NO4/c1-24(20-12-7-10-17-8-3-5-11-19(17)20)22(25)16-28-23(26)15-14-18-9-4-6-13-21(18)27-2/h3-6,8-9,11,13-15,20H,7,10,12,16H2,1-2H3/b15-14+. The summed E-state index contributed by atoms with van der Waals surface area (Å²) in [6, 6.07) is 15.6. The maximum Gasteiger partial charge on any atom is 0.331 e. The number of aryl methyl sites for hydroxylation is 1. The van der Waals surface area contributed by atoms with Gasteiger partial charge in [0.25, 0.3) is 5.91 Å². The molecule has 1 aliphatic rings. The Hall–Kier alpha value is -3.08. The Bertz CT molecular complexity index is 874. The molecule has 0 radical (unpaired) electrons. The number of amides is 1. The van der Waals surface area contributed by atoms with Crippen LogP contribution < -0.4 is 4.74 Å². The van der Waals surface area contributed by atoms with Crippen molar-refractivity contribution in [1.29, 1.82) is 0 Å². The van der Waals surface area contributed by atoms with E-state index in [2.05, 4.69) is 12.1 Å². The number of carbonyl (C=O) groups excluding carboxylic acids is 2. The molecule has 2 aromatic rings. The Labute approximate surface area is 165 Å². The lowest BCUT2D eigenvalue weighted by atomic mass is 9.87. The fourth-order valence-electron chi connectivity index (χ4n) is 3.55. The number of carbonyl (C=O) groups is 2. The Morgan fingerprint density at radius 3 is 2.71 bits per heavy atom. The summed E-state index contributed by atoms with van der Waals surface area (Å²) in [5, 5.41) is 0. The molecular formula is C23H25NO4. The van der Waals surface area contributed by atoms with Gasteiger partial charge in [-0.1, -0.05) is 42.5 Å². The number of likely N-dealkylation sites (N-methyl/N-ethyl adjacent to an activating group) is 1. The zero-order chi connectivity index (χ0) is 19.9. The molecule has 28 heavy (non-hydrogen) atoms. The van der Waals surface area contributed by atoms with Gasteiger partial charge in [0, 0.05) is 18.7 Å². The molecule has 1 unspecified atom stereocenters. The second-order valence-corrected chi connectivity index (χ2v) is 6.79. The van der Waals surface area contributed by atoms with Gasteiger partial charge in [-0.25, -0.2) is 4.79 Å². The number of fused-ring (bicyclic) bond motifs is 1. The monoisotopic (exact) mass is 379 g/mol. The van der Waals surface area contributed by atoms with E-state index in [0.29, 0.717) is 5.75 Å².